The Hall–Kier alpha value is -0.860. The number of nitrogens with zero attached hydrogens (tertiary/aromatic N) is 1. The monoisotopic (exact) mass is 355 g/mol. The van der Waals surface area contributed by atoms with Crippen molar-refractivity contribution in [3.05, 3.63) is 16.1 Å². The second-order valence-electron chi connectivity index (χ2n) is 5.78. The zero-order chi connectivity index (χ0) is 15.2. The van der Waals surface area contributed by atoms with E-state index in [1.54, 1.807) is 0 Å². The lowest BCUT2D eigenvalue weighted by Gasteiger charge is -2.26. The molecule has 3 rings (SSSR count). The summed E-state index contributed by atoms with van der Waals surface area (Å²) in [7, 11) is 0. The number of halogens is 4. The Morgan fingerprint density at radius 3 is 2.64 bits per heavy atom. The van der Waals surface area contributed by atoms with Crippen LogP contribution in [-0.2, 0) is 17.5 Å². The molecule has 3 N–H and O–H groups in total. The number of carbonyl (C=O) groups excluding carboxylic acids is 1. The van der Waals surface area contributed by atoms with E-state index in [0.717, 1.165) is 36.0 Å². The fourth-order valence-corrected chi connectivity index (χ4v) is 4.27. The lowest BCUT2D eigenvalue weighted by molar-refractivity contribution is -0.140. The maximum atomic E-state index is 12.4. The second kappa shape index (κ2) is 6.33. The third-order valence-corrected chi connectivity index (χ3v) is 5.39. The fourth-order valence-electron chi connectivity index (χ4n) is 3.53. The third kappa shape index (κ3) is 3.23. The van der Waals surface area contributed by atoms with E-state index in [9.17, 15) is 18.0 Å². The van der Waals surface area contributed by atoms with Crippen molar-refractivity contribution in [3.63, 3.8) is 0 Å². The van der Waals surface area contributed by atoms with Crippen molar-refractivity contribution in [1.29, 1.82) is 0 Å². The molecule has 1 aromatic heterocycles. The lowest BCUT2D eigenvalue weighted by atomic mass is 9.84. The molecule has 124 valence electrons. The maximum absolute atomic E-state index is 12.4. The van der Waals surface area contributed by atoms with Gasteiger partial charge in [0.05, 0.1) is 12.5 Å². The molecular formula is C13H17ClF3N3OS. The Balaban J connectivity index is 0.00000176. The highest BCUT2D eigenvalue weighted by molar-refractivity contribution is 7.09. The molecule has 2 bridgehead atoms. The van der Waals surface area contributed by atoms with Crippen molar-refractivity contribution >= 4 is 29.7 Å². The smallest absolute Gasteiger partial charge is 0.349 e. The highest BCUT2D eigenvalue weighted by Crippen LogP contribution is 2.47. The van der Waals surface area contributed by atoms with Crippen molar-refractivity contribution in [3.8, 4) is 0 Å². The molecule has 1 aromatic rings. The molecule has 2 fully saturated rings. The molecule has 1 amide bonds. The van der Waals surface area contributed by atoms with Gasteiger partial charge in [-0.15, -0.1) is 23.7 Å². The van der Waals surface area contributed by atoms with Gasteiger partial charge in [-0.3, -0.25) is 4.79 Å². The lowest BCUT2D eigenvalue weighted by Crippen LogP contribution is -2.45. The third-order valence-electron chi connectivity index (χ3n) is 4.54. The number of nitrogens with two attached hydrogens (primary N) is 1. The topological polar surface area (TPSA) is 68.0 Å². The van der Waals surface area contributed by atoms with Gasteiger partial charge >= 0.3 is 6.18 Å². The number of rotatable bonds is 3. The van der Waals surface area contributed by atoms with Crippen LogP contribution in [0, 0.1) is 17.8 Å². The standard InChI is InChI=1S/C13H16F3N3OS.ClH/c14-13(15,16)8-5-21-9(19-8)4-18-12(20)10-6-1-2-7(3-6)11(10)17;/h5-7,10-11H,1-4,17H2,(H,18,20);1H. The molecule has 2 saturated carbocycles. The molecule has 4 atom stereocenters. The molecule has 2 aliphatic carbocycles. The largest absolute Gasteiger partial charge is 0.434 e. The Bertz CT molecular complexity index is 549. The van der Waals surface area contributed by atoms with Gasteiger partial charge in [-0.25, -0.2) is 4.98 Å². The number of carbonyl (C=O) groups is 1. The number of nitrogens with one attached hydrogen (secondary N) is 1. The summed E-state index contributed by atoms with van der Waals surface area (Å²) in [6.07, 6.45) is -1.34. The van der Waals surface area contributed by atoms with Gasteiger partial charge < -0.3 is 11.1 Å². The predicted octanol–water partition coefficient (Wildman–Crippen LogP) is 2.57. The molecule has 0 spiro atoms. The first-order valence-corrected chi connectivity index (χ1v) is 7.79. The van der Waals surface area contributed by atoms with E-state index in [4.69, 9.17) is 5.73 Å². The van der Waals surface area contributed by atoms with Crippen molar-refractivity contribution in [2.24, 2.45) is 23.5 Å². The Morgan fingerprint density at radius 2 is 2.09 bits per heavy atom. The van der Waals surface area contributed by atoms with Crippen LogP contribution in [0.4, 0.5) is 13.2 Å². The summed E-state index contributed by atoms with van der Waals surface area (Å²) in [6.45, 7) is 0.0280. The van der Waals surface area contributed by atoms with Gasteiger partial charge in [0.15, 0.2) is 5.69 Å². The van der Waals surface area contributed by atoms with E-state index in [0.29, 0.717) is 11.8 Å². The number of hydrogen-bond donors (Lipinski definition) is 2. The number of aromatic nitrogens is 1. The number of amides is 1. The van der Waals surface area contributed by atoms with Crippen LogP contribution < -0.4 is 11.1 Å². The van der Waals surface area contributed by atoms with Crippen molar-refractivity contribution < 1.29 is 18.0 Å². The zero-order valence-electron chi connectivity index (χ0n) is 11.6. The molecule has 2 aliphatic rings. The van der Waals surface area contributed by atoms with E-state index in [-0.39, 0.29) is 41.8 Å². The summed E-state index contributed by atoms with van der Waals surface area (Å²) in [6, 6.07) is -0.120. The summed E-state index contributed by atoms with van der Waals surface area (Å²) in [4.78, 5) is 15.7. The highest BCUT2D eigenvalue weighted by atomic mass is 35.5. The van der Waals surface area contributed by atoms with Crippen LogP contribution in [0.5, 0.6) is 0 Å². The van der Waals surface area contributed by atoms with Gasteiger partial charge in [0.25, 0.3) is 0 Å². The molecule has 1 heterocycles. The molecule has 4 nitrogen and oxygen atoms in total. The summed E-state index contributed by atoms with van der Waals surface area (Å²) in [5.41, 5.74) is 5.16. The fraction of sp³-hybridized carbons (Fsp3) is 0.692. The van der Waals surface area contributed by atoms with Crippen LogP contribution in [0.1, 0.15) is 30.0 Å². The number of hydrogen-bond acceptors (Lipinski definition) is 4. The summed E-state index contributed by atoms with van der Waals surface area (Å²) in [5.74, 6) is 0.388. The Labute approximate surface area is 136 Å². The molecule has 0 aliphatic heterocycles. The molecule has 4 unspecified atom stereocenters. The van der Waals surface area contributed by atoms with Crippen LogP contribution in [0.3, 0.4) is 0 Å². The number of fused-ring (bicyclic) bond motifs is 2. The van der Waals surface area contributed by atoms with Gasteiger partial charge in [-0.1, -0.05) is 0 Å². The van der Waals surface area contributed by atoms with E-state index in [1.807, 2.05) is 0 Å². The Kier molecular flexibility index (Phi) is 5.03. The van der Waals surface area contributed by atoms with Crippen molar-refractivity contribution in [2.75, 3.05) is 0 Å². The van der Waals surface area contributed by atoms with E-state index in [2.05, 4.69) is 10.3 Å². The van der Waals surface area contributed by atoms with Gasteiger partial charge in [0, 0.05) is 11.4 Å². The summed E-state index contributed by atoms with van der Waals surface area (Å²) in [5, 5.41) is 3.90. The van der Waals surface area contributed by atoms with E-state index >= 15 is 0 Å². The van der Waals surface area contributed by atoms with Crippen LogP contribution in [0.2, 0.25) is 0 Å². The quantitative estimate of drug-likeness (QED) is 0.875. The minimum Gasteiger partial charge on any atom is -0.349 e. The normalized spacial score (nSPS) is 30.2. The van der Waals surface area contributed by atoms with Gasteiger partial charge in [-0.05, 0) is 31.1 Å². The van der Waals surface area contributed by atoms with Gasteiger partial charge in [-0.2, -0.15) is 13.2 Å². The minimum absolute atomic E-state index is 0. The van der Waals surface area contributed by atoms with Crippen LogP contribution in [-0.4, -0.2) is 16.9 Å². The first-order chi connectivity index (χ1) is 9.86. The second-order valence-corrected chi connectivity index (χ2v) is 6.72. The summed E-state index contributed by atoms with van der Waals surface area (Å²) >= 11 is 0.900. The first-order valence-electron chi connectivity index (χ1n) is 6.91. The first kappa shape index (κ1) is 17.5. The van der Waals surface area contributed by atoms with Gasteiger partial charge in [0.2, 0.25) is 5.91 Å². The average Bonchev–Trinajstić information content (AvgIpc) is 3.10. The molecular weight excluding hydrogens is 339 g/mol. The zero-order valence-corrected chi connectivity index (χ0v) is 13.2. The number of thiazole rings is 1. The minimum atomic E-state index is -4.44. The van der Waals surface area contributed by atoms with Gasteiger partial charge in [0.1, 0.15) is 5.01 Å². The summed E-state index contributed by atoms with van der Waals surface area (Å²) < 4.78 is 37.3. The molecule has 0 radical (unpaired) electrons. The molecule has 0 aromatic carbocycles. The Morgan fingerprint density at radius 1 is 1.41 bits per heavy atom. The predicted molar refractivity (Wildman–Crippen MR) is 78.5 cm³/mol. The SMILES string of the molecule is Cl.NC1C2CCC(C2)C1C(=O)NCc1nc(C(F)(F)F)cs1. The maximum Gasteiger partial charge on any atom is 0.434 e. The van der Waals surface area contributed by atoms with Crippen molar-refractivity contribution in [2.45, 2.75) is 38.0 Å². The van der Waals surface area contributed by atoms with Crippen LogP contribution >= 0.6 is 23.7 Å². The molecule has 22 heavy (non-hydrogen) atoms. The highest BCUT2D eigenvalue weighted by Gasteiger charge is 2.49. The van der Waals surface area contributed by atoms with Crippen LogP contribution in [0.15, 0.2) is 5.38 Å². The van der Waals surface area contributed by atoms with E-state index in [1.165, 1.54) is 0 Å². The van der Waals surface area contributed by atoms with E-state index < -0.39 is 11.9 Å². The van der Waals surface area contributed by atoms with Crippen LogP contribution in [0.25, 0.3) is 0 Å². The average molecular weight is 356 g/mol. The number of alkyl halides is 3. The van der Waals surface area contributed by atoms with Crippen molar-refractivity contribution in [1.82, 2.24) is 10.3 Å². The molecule has 0 saturated heterocycles. The molecule has 9 heteroatoms.